The summed E-state index contributed by atoms with van der Waals surface area (Å²) in [5, 5.41) is 11.7. The van der Waals surface area contributed by atoms with Crippen molar-refractivity contribution in [3.8, 4) is 5.75 Å². The summed E-state index contributed by atoms with van der Waals surface area (Å²) >= 11 is -3.79. The maximum absolute atomic E-state index is 13.3. The van der Waals surface area contributed by atoms with E-state index in [-0.39, 0.29) is 11.7 Å². The molecule has 42 heavy (non-hydrogen) atoms. The maximum atomic E-state index is 13.3. The number of ether oxygens (including phenoxy) is 1. The van der Waals surface area contributed by atoms with E-state index in [1.807, 2.05) is 36.4 Å². The van der Waals surface area contributed by atoms with Gasteiger partial charge in [-0.25, -0.2) is 0 Å². The van der Waals surface area contributed by atoms with Crippen molar-refractivity contribution in [3.05, 3.63) is 131 Å². The zero-order chi connectivity index (χ0) is 29.1. The minimum absolute atomic E-state index is 0.0759. The summed E-state index contributed by atoms with van der Waals surface area (Å²) in [4.78, 5) is 28.2. The molecule has 2 aliphatic heterocycles. The molecule has 0 unspecified atom stereocenters. The Balaban J connectivity index is 1.43. The number of carbonyl (C=O) groups is 2. The summed E-state index contributed by atoms with van der Waals surface area (Å²) in [6, 6.07) is 40.8. The van der Waals surface area contributed by atoms with E-state index in [0.717, 1.165) is 5.57 Å². The molecule has 0 aliphatic carbocycles. The number of hydrogen-bond acceptors (Lipinski definition) is 4. The molecule has 5 nitrogen and oxygen atoms in total. The standard InChI is InChI=1S/C18H20NO4.3C6H5.Sn/c1-11-8-9-19-15(16(21)14(10-11)12(2)20)17(18(19)22)23-13-6-4-3-5-7-13;3*1-2-4-6-5-3-1;/h1,3-7,14-17,21H,8-10H2,2H3;3*1-5H;/t14-,15-,16+,17+;;;;/m0..../s1. The second kappa shape index (κ2) is 12.3. The number of β-lactam (4-membered cyclic amide) rings is 1. The van der Waals surface area contributed by atoms with Crippen LogP contribution in [0.4, 0.5) is 0 Å². The molecule has 2 fully saturated rings. The van der Waals surface area contributed by atoms with Gasteiger partial charge in [-0.15, -0.1) is 0 Å². The number of amides is 1. The van der Waals surface area contributed by atoms with Gasteiger partial charge < -0.3 is 0 Å². The second-order valence-electron chi connectivity index (χ2n) is 11.2. The van der Waals surface area contributed by atoms with Crippen LogP contribution in [0.1, 0.15) is 19.8 Å². The average Bonchev–Trinajstić information content (AvgIpc) is 3.03. The Morgan fingerprint density at radius 1 is 0.810 bits per heavy atom. The number of benzene rings is 4. The van der Waals surface area contributed by atoms with Crippen molar-refractivity contribution in [1.29, 1.82) is 0 Å². The van der Waals surface area contributed by atoms with Gasteiger partial charge in [0.1, 0.15) is 0 Å². The fourth-order valence-corrected chi connectivity index (χ4v) is 19.5. The Kier molecular flexibility index (Phi) is 8.31. The van der Waals surface area contributed by atoms with Crippen molar-refractivity contribution in [2.45, 2.75) is 38.0 Å². The molecule has 4 aromatic carbocycles. The van der Waals surface area contributed by atoms with Crippen LogP contribution in [0, 0.1) is 5.92 Å². The van der Waals surface area contributed by atoms with Gasteiger partial charge in [0, 0.05) is 0 Å². The van der Waals surface area contributed by atoms with E-state index < -0.39 is 42.5 Å². The van der Waals surface area contributed by atoms with Crippen LogP contribution in [0.5, 0.6) is 5.75 Å². The SMILES string of the molecule is CC(=O)[C@@H]1C/C(=[CH]\[Sn]([c]2ccccc2)([c]2ccccc2)[c]2ccccc2)CCN2C(=O)[C@H](Oc3ccccc3)[C@@H]2[C@@H]1O. The van der Waals surface area contributed by atoms with E-state index in [9.17, 15) is 14.7 Å². The number of aliphatic hydroxyl groups excluding tert-OH is 1. The molecule has 0 bridgehead atoms. The molecule has 2 heterocycles. The molecule has 212 valence electrons. The van der Waals surface area contributed by atoms with Gasteiger partial charge in [0.2, 0.25) is 0 Å². The molecule has 0 radical (unpaired) electrons. The summed E-state index contributed by atoms with van der Waals surface area (Å²) < 4.78 is 12.5. The molecule has 1 amide bonds. The van der Waals surface area contributed by atoms with Crippen molar-refractivity contribution >= 4 is 40.8 Å². The molecule has 0 aromatic heterocycles. The first kappa shape index (κ1) is 28.4. The van der Waals surface area contributed by atoms with Crippen molar-refractivity contribution < 1.29 is 19.4 Å². The third-order valence-electron chi connectivity index (χ3n) is 8.75. The number of Topliss-reactive ketones (excluding diaryl/α,β-unsaturated/α-hetero) is 1. The molecule has 6 rings (SSSR count). The predicted molar refractivity (Wildman–Crippen MR) is 168 cm³/mol. The first-order chi connectivity index (χ1) is 20.5. The number of rotatable bonds is 7. The summed E-state index contributed by atoms with van der Waals surface area (Å²) in [5.41, 5.74) is 1.13. The van der Waals surface area contributed by atoms with Crippen LogP contribution < -0.4 is 15.5 Å². The molecule has 6 heteroatoms. The van der Waals surface area contributed by atoms with Crippen LogP contribution in [0.15, 0.2) is 131 Å². The molecular weight excluding hydrogens is 629 g/mol. The molecule has 4 atom stereocenters. The Hall–Kier alpha value is -3.68. The molecule has 2 saturated heterocycles. The second-order valence-corrected chi connectivity index (χ2v) is 21.6. The van der Waals surface area contributed by atoms with Gasteiger partial charge in [-0.05, 0) is 0 Å². The van der Waals surface area contributed by atoms with Crippen molar-refractivity contribution in [2.24, 2.45) is 5.92 Å². The Bertz CT molecular complexity index is 1460. The van der Waals surface area contributed by atoms with Crippen LogP contribution in [-0.4, -0.2) is 64.9 Å². The van der Waals surface area contributed by atoms with Gasteiger partial charge in [0.25, 0.3) is 0 Å². The Morgan fingerprint density at radius 2 is 1.29 bits per heavy atom. The van der Waals surface area contributed by atoms with Crippen molar-refractivity contribution in [1.82, 2.24) is 4.90 Å². The topological polar surface area (TPSA) is 66.8 Å². The van der Waals surface area contributed by atoms with Crippen molar-refractivity contribution in [2.75, 3.05) is 6.54 Å². The average molecular weight is 664 g/mol. The number of aliphatic hydroxyl groups is 1. The van der Waals surface area contributed by atoms with Gasteiger partial charge >= 0.3 is 252 Å². The van der Waals surface area contributed by atoms with Crippen LogP contribution in [-0.2, 0) is 9.59 Å². The van der Waals surface area contributed by atoms with Gasteiger partial charge in [0.15, 0.2) is 0 Å². The molecular formula is C36H35NO4Sn. The Labute approximate surface area is 251 Å². The van der Waals surface area contributed by atoms with E-state index in [2.05, 4.69) is 76.9 Å². The minimum atomic E-state index is -3.79. The monoisotopic (exact) mass is 665 g/mol. The Morgan fingerprint density at radius 3 is 1.76 bits per heavy atom. The summed E-state index contributed by atoms with van der Waals surface area (Å²) in [6.07, 6.45) is -0.723. The summed E-state index contributed by atoms with van der Waals surface area (Å²) in [7, 11) is 0. The third kappa shape index (κ3) is 5.32. The predicted octanol–water partition coefficient (Wildman–Crippen LogP) is 3.64. The molecule has 1 N–H and O–H groups in total. The van der Waals surface area contributed by atoms with Gasteiger partial charge in [-0.1, -0.05) is 0 Å². The molecule has 0 saturated carbocycles. The van der Waals surface area contributed by atoms with Crippen LogP contribution in [0.25, 0.3) is 0 Å². The first-order valence-corrected chi connectivity index (χ1v) is 20.5. The van der Waals surface area contributed by atoms with Gasteiger partial charge in [-0.3, -0.25) is 0 Å². The molecule has 0 spiro atoms. The van der Waals surface area contributed by atoms with Crippen LogP contribution >= 0.6 is 0 Å². The number of para-hydroxylation sites is 1. The van der Waals surface area contributed by atoms with Crippen molar-refractivity contribution in [3.63, 3.8) is 0 Å². The van der Waals surface area contributed by atoms with E-state index in [0.29, 0.717) is 25.1 Å². The normalized spacial score (nSPS) is 23.3. The van der Waals surface area contributed by atoms with E-state index in [1.54, 1.807) is 24.0 Å². The number of fused-ring (bicyclic) bond motifs is 1. The zero-order valence-electron chi connectivity index (χ0n) is 23.7. The van der Waals surface area contributed by atoms with E-state index in [4.69, 9.17) is 4.74 Å². The fourth-order valence-electron chi connectivity index (χ4n) is 6.61. The van der Waals surface area contributed by atoms with Crippen LogP contribution in [0.3, 0.4) is 0 Å². The summed E-state index contributed by atoms with van der Waals surface area (Å²) in [6.45, 7) is 2.03. The first-order valence-electron chi connectivity index (χ1n) is 14.6. The van der Waals surface area contributed by atoms with E-state index >= 15 is 0 Å². The zero-order valence-corrected chi connectivity index (χ0v) is 26.5. The molecule has 2 aliphatic rings. The number of nitrogens with zero attached hydrogens (tertiary/aromatic N) is 1. The van der Waals surface area contributed by atoms with E-state index in [1.165, 1.54) is 10.7 Å². The van der Waals surface area contributed by atoms with Crippen LogP contribution in [0.2, 0.25) is 0 Å². The van der Waals surface area contributed by atoms with Gasteiger partial charge in [-0.2, -0.15) is 0 Å². The number of carbonyl (C=O) groups excluding carboxylic acids is 2. The van der Waals surface area contributed by atoms with Gasteiger partial charge in [0.05, 0.1) is 0 Å². The number of hydrogen-bond donors (Lipinski definition) is 1. The number of ketones is 1. The summed E-state index contributed by atoms with van der Waals surface area (Å²) in [5.74, 6) is -0.272. The quantitative estimate of drug-likeness (QED) is 0.242. The third-order valence-corrected chi connectivity index (χ3v) is 21.8. The molecule has 4 aromatic rings. The fraction of sp³-hybridized carbons (Fsp3) is 0.222.